The molecule has 3 N–H and O–H groups in total. The fourth-order valence-electron chi connectivity index (χ4n) is 2.58. The van der Waals surface area contributed by atoms with Crippen molar-refractivity contribution in [2.24, 2.45) is 4.99 Å². The molecule has 2 aromatic rings. The normalized spacial score (nSPS) is 11.0. The van der Waals surface area contributed by atoms with Crippen molar-refractivity contribution in [1.82, 2.24) is 16.0 Å². The van der Waals surface area contributed by atoms with E-state index >= 15 is 0 Å². The number of guanidine groups is 1. The molecule has 0 bridgehead atoms. The van der Waals surface area contributed by atoms with Crippen molar-refractivity contribution >= 4 is 11.9 Å². The van der Waals surface area contributed by atoms with Gasteiger partial charge in [0.15, 0.2) is 5.96 Å². The van der Waals surface area contributed by atoms with Crippen molar-refractivity contribution in [3.05, 3.63) is 65.5 Å². The second-order valence-electron chi connectivity index (χ2n) is 6.05. The third kappa shape index (κ3) is 7.26. The van der Waals surface area contributed by atoms with Crippen molar-refractivity contribution < 1.29 is 13.9 Å². The number of aliphatic imine (C=N–C) groups is 1. The molecule has 2 rings (SSSR count). The van der Waals surface area contributed by atoms with Gasteiger partial charge in [0, 0.05) is 32.2 Å². The van der Waals surface area contributed by atoms with E-state index < -0.39 is 0 Å². The quantitative estimate of drug-likeness (QED) is 0.351. The summed E-state index contributed by atoms with van der Waals surface area (Å²) in [6.45, 7) is 4.13. The molecule has 0 aromatic heterocycles. The lowest BCUT2D eigenvalue weighted by molar-refractivity contribution is -0.120. The molecule has 0 aliphatic carbocycles. The van der Waals surface area contributed by atoms with Crippen LogP contribution >= 0.6 is 0 Å². The lowest BCUT2D eigenvalue weighted by Crippen LogP contribution is -2.41. The number of para-hydroxylation sites is 1. The highest BCUT2D eigenvalue weighted by Gasteiger charge is 2.05. The van der Waals surface area contributed by atoms with Crippen molar-refractivity contribution in [3.8, 4) is 5.75 Å². The Morgan fingerprint density at radius 1 is 1.04 bits per heavy atom. The Hall–Kier alpha value is -3.09. The number of hydrogen-bond acceptors (Lipinski definition) is 3. The minimum Gasteiger partial charge on any atom is -0.494 e. The van der Waals surface area contributed by atoms with E-state index in [-0.39, 0.29) is 18.1 Å². The molecular weight excluding hydrogens is 359 g/mol. The van der Waals surface area contributed by atoms with Gasteiger partial charge in [-0.05, 0) is 30.7 Å². The number of nitrogens with one attached hydrogen (secondary N) is 3. The van der Waals surface area contributed by atoms with Crippen LogP contribution in [0.3, 0.4) is 0 Å². The van der Waals surface area contributed by atoms with Crippen LogP contribution in [0.2, 0.25) is 0 Å². The molecule has 0 saturated carbocycles. The lowest BCUT2D eigenvalue weighted by atomic mass is 10.1. The number of carbonyl (C=O) groups is 1. The second-order valence-corrected chi connectivity index (χ2v) is 6.05. The fourth-order valence-corrected chi connectivity index (χ4v) is 2.58. The van der Waals surface area contributed by atoms with Crippen molar-refractivity contribution in [3.63, 3.8) is 0 Å². The molecule has 0 aliphatic rings. The number of benzene rings is 2. The molecule has 2 aromatic carbocycles. The first kappa shape index (κ1) is 21.2. The van der Waals surface area contributed by atoms with Gasteiger partial charge in [-0.25, -0.2) is 4.39 Å². The van der Waals surface area contributed by atoms with Gasteiger partial charge in [0.1, 0.15) is 11.6 Å². The monoisotopic (exact) mass is 386 g/mol. The zero-order chi connectivity index (χ0) is 20.2. The number of amides is 1. The number of rotatable bonds is 9. The van der Waals surface area contributed by atoms with Crippen LogP contribution in [-0.4, -0.2) is 38.6 Å². The van der Waals surface area contributed by atoms with E-state index in [1.807, 2.05) is 31.2 Å². The van der Waals surface area contributed by atoms with Gasteiger partial charge in [-0.3, -0.25) is 9.79 Å². The molecule has 1 amide bonds. The highest BCUT2D eigenvalue weighted by molar-refractivity contribution is 5.80. The van der Waals surface area contributed by atoms with Crippen LogP contribution in [0.1, 0.15) is 18.1 Å². The Morgan fingerprint density at radius 3 is 2.46 bits per heavy atom. The third-order valence-electron chi connectivity index (χ3n) is 3.96. The van der Waals surface area contributed by atoms with E-state index in [0.29, 0.717) is 32.2 Å². The molecule has 0 heterocycles. The van der Waals surface area contributed by atoms with Crippen molar-refractivity contribution in [1.29, 1.82) is 0 Å². The first-order valence-corrected chi connectivity index (χ1v) is 9.28. The van der Waals surface area contributed by atoms with Gasteiger partial charge in [0.25, 0.3) is 0 Å². The average molecular weight is 386 g/mol. The Kier molecular flexibility index (Phi) is 8.78. The molecular formula is C21H27FN4O2. The van der Waals surface area contributed by atoms with E-state index in [1.165, 1.54) is 12.1 Å². The molecule has 7 heteroatoms. The predicted molar refractivity (Wildman–Crippen MR) is 109 cm³/mol. The predicted octanol–water partition coefficient (Wildman–Crippen LogP) is 2.25. The van der Waals surface area contributed by atoms with Crippen LogP contribution in [0, 0.1) is 5.82 Å². The topological polar surface area (TPSA) is 74.8 Å². The fraction of sp³-hybridized carbons (Fsp3) is 0.333. The van der Waals surface area contributed by atoms with E-state index in [9.17, 15) is 9.18 Å². The SMILES string of the molecule is CCOc1ccccc1CNC(=NC)NCCNC(=O)Cc1ccc(F)cc1. The summed E-state index contributed by atoms with van der Waals surface area (Å²) in [5.41, 5.74) is 1.82. The second kappa shape index (κ2) is 11.6. The molecule has 150 valence electrons. The Balaban J connectivity index is 1.69. The summed E-state index contributed by atoms with van der Waals surface area (Å²) in [4.78, 5) is 16.1. The minimum atomic E-state index is -0.309. The standard InChI is InChI=1S/C21H27FN4O2/c1-3-28-19-7-5-4-6-17(19)15-26-21(23-2)25-13-12-24-20(27)14-16-8-10-18(22)11-9-16/h4-11H,3,12-15H2,1-2H3,(H,24,27)(H2,23,25,26). The van der Waals surface area contributed by atoms with Gasteiger partial charge in [-0.15, -0.1) is 0 Å². The Bertz CT molecular complexity index is 778. The molecule has 0 atom stereocenters. The summed E-state index contributed by atoms with van der Waals surface area (Å²) < 4.78 is 18.5. The van der Waals surface area contributed by atoms with Crippen molar-refractivity contribution in [2.45, 2.75) is 19.9 Å². The van der Waals surface area contributed by atoms with Gasteiger partial charge in [0.2, 0.25) is 5.91 Å². The van der Waals surface area contributed by atoms with Gasteiger partial charge in [0.05, 0.1) is 13.0 Å². The maximum atomic E-state index is 12.9. The summed E-state index contributed by atoms with van der Waals surface area (Å²) in [5, 5.41) is 9.21. The van der Waals surface area contributed by atoms with Crippen molar-refractivity contribution in [2.75, 3.05) is 26.7 Å². The largest absolute Gasteiger partial charge is 0.494 e. The van der Waals surface area contributed by atoms with Crippen LogP contribution in [0.4, 0.5) is 4.39 Å². The minimum absolute atomic E-state index is 0.109. The van der Waals surface area contributed by atoms with Gasteiger partial charge in [-0.1, -0.05) is 30.3 Å². The van der Waals surface area contributed by atoms with Gasteiger partial charge in [-0.2, -0.15) is 0 Å². The van der Waals surface area contributed by atoms with Crippen LogP contribution in [0.5, 0.6) is 5.75 Å². The highest BCUT2D eigenvalue weighted by atomic mass is 19.1. The summed E-state index contributed by atoms with van der Waals surface area (Å²) in [5.74, 6) is 1.07. The number of hydrogen-bond donors (Lipinski definition) is 3. The maximum absolute atomic E-state index is 12.9. The molecule has 0 unspecified atom stereocenters. The van der Waals surface area contributed by atoms with Gasteiger partial charge >= 0.3 is 0 Å². The average Bonchev–Trinajstić information content (AvgIpc) is 2.70. The summed E-state index contributed by atoms with van der Waals surface area (Å²) >= 11 is 0. The summed E-state index contributed by atoms with van der Waals surface area (Å²) in [7, 11) is 1.69. The molecule has 6 nitrogen and oxygen atoms in total. The maximum Gasteiger partial charge on any atom is 0.224 e. The molecule has 0 saturated heterocycles. The number of carbonyl (C=O) groups excluding carboxylic acids is 1. The van der Waals surface area contributed by atoms with E-state index in [4.69, 9.17) is 4.74 Å². The molecule has 0 aliphatic heterocycles. The molecule has 28 heavy (non-hydrogen) atoms. The van der Waals surface area contributed by atoms with Crippen LogP contribution < -0.4 is 20.7 Å². The number of halogens is 1. The van der Waals surface area contributed by atoms with Gasteiger partial charge < -0.3 is 20.7 Å². The molecule has 0 spiro atoms. The number of ether oxygens (including phenoxy) is 1. The van der Waals surface area contributed by atoms with E-state index in [0.717, 1.165) is 16.9 Å². The van der Waals surface area contributed by atoms with Crippen LogP contribution in [0.25, 0.3) is 0 Å². The summed E-state index contributed by atoms with van der Waals surface area (Å²) in [6, 6.07) is 13.8. The molecule has 0 radical (unpaired) electrons. The first-order valence-electron chi connectivity index (χ1n) is 9.28. The lowest BCUT2D eigenvalue weighted by Gasteiger charge is -2.14. The third-order valence-corrected chi connectivity index (χ3v) is 3.96. The Morgan fingerprint density at radius 2 is 1.75 bits per heavy atom. The van der Waals surface area contributed by atoms with E-state index in [1.54, 1.807) is 19.2 Å². The zero-order valence-corrected chi connectivity index (χ0v) is 16.3. The van der Waals surface area contributed by atoms with Crippen LogP contribution in [-0.2, 0) is 17.8 Å². The summed E-state index contributed by atoms with van der Waals surface area (Å²) in [6.07, 6.45) is 0.224. The van der Waals surface area contributed by atoms with E-state index in [2.05, 4.69) is 20.9 Å². The first-order chi connectivity index (χ1) is 13.6. The highest BCUT2D eigenvalue weighted by Crippen LogP contribution is 2.17. The number of nitrogens with zero attached hydrogens (tertiary/aromatic N) is 1. The Labute approximate surface area is 165 Å². The zero-order valence-electron chi connectivity index (χ0n) is 16.3. The van der Waals surface area contributed by atoms with Crippen LogP contribution in [0.15, 0.2) is 53.5 Å². The molecule has 0 fully saturated rings. The smallest absolute Gasteiger partial charge is 0.224 e.